The fourth-order valence-corrected chi connectivity index (χ4v) is 4.24. The third-order valence-corrected chi connectivity index (χ3v) is 5.64. The van der Waals surface area contributed by atoms with Crippen LogP contribution in [0.25, 0.3) is 0 Å². The van der Waals surface area contributed by atoms with Crippen LogP contribution in [-0.4, -0.2) is 58.4 Å². The molecule has 1 aliphatic heterocycles. The van der Waals surface area contributed by atoms with Crippen LogP contribution in [0, 0.1) is 6.92 Å². The minimum absolute atomic E-state index is 0.0396. The van der Waals surface area contributed by atoms with Gasteiger partial charge in [-0.1, -0.05) is 0 Å². The SMILES string of the molecule is Cc1ncc(CN2CCN(C(=O)c3csc(CCN)n3)CC2)s1. The number of carbonyl (C=O) groups excluding carboxylic acids is 1. The third kappa shape index (κ3) is 4.14. The van der Waals surface area contributed by atoms with E-state index in [2.05, 4.69) is 14.9 Å². The number of thiazole rings is 2. The Balaban J connectivity index is 1.52. The van der Waals surface area contributed by atoms with Crippen molar-refractivity contribution < 1.29 is 4.79 Å². The molecule has 6 nitrogen and oxygen atoms in total. The molecule has 0 unspecified atom stereocenters. The van der Waals surface area contributed by atoms with E-state index in [1.54, 1.807) is 11.3 Å². The van der Waals surface area contributed by atoms with Crippen LogP contribution in [-0.2, 0) is 13.0 Å². The molecule has 2 aromatic rings. The lowest BCUT2D eigenvalue weighted by atomic mass is 10.3. The molecule has 2 aromatic heterocycles. The Morgan fingerprint density at radius 3 is 2.78 bits per heavy atom. The molecule has 1 fully saturated rings. The molecule has 23 heavy (non-hydrogen) atoms. The second kappa shape index (κ2) is 7.48. The minimum atomic E-state index is 0.0396. The lowest BCUT2D eigenvalue weighted by Gasteiger charge is -2.34. The highest BCUT2D eigenvalue weighted by atomic mass is 32.1. The number of carbonyl (C=O) groups is 1. The molecule has 0 aliphatic carbocycles. The van der Waals surface area contributed by atoms with E-state index in [-0.39, 0.29) is 5.91 Å². The summed E-state index contributed by atoms with van der Waals surface area (Å²) in [5.41, 5.74) is 6.09. The molecule has 1 aliphatic rings. The average molecular weight is 352 g/mol. The predicted molar refractivity (Wildman–Crippen MR) is 92.9 cm³/mol. The van der Waals surface area contributed by atoms with E-state index >= 15 is 0 Å². The Bertz CT molecular complexity index is 660. The summed E-state index contributed by atoms with van der Waals surface area (Å²) >= 11 is 3.26. The van der Waals surface area contributed by atoms with Crippen LogP contribution >= 0.6 is 22.7 Å². The van der Waals surface area contributed by atoms with Crippen molar-refractivity contribution in [1.82, 2.24) is 19.8 Å². The van der Waals surface area contributed by atoms with Gasteiger partial charge in [0.15, 0.2) is 0 Å². The van der Waals surface area contributed by atoms with E-state index in [1.807, 2.05) is 23.4 Å². The summed E-state index contributed by atoms with van der Waals surface area (Å²) in [6.45, 7) is 6.80. The summed E-state index contributed by atoms with van der Waals surface area (Å²) in [5, 5.41) is 3.89. The van der Waals surface area contributed by atoms with Crippen molar-refractivity contribution in [3.63, 3.8) is 0 Å². The van der Waals surface area contributed by atoms with Crippen molar-refractivity contribution in [2.75, 3.05) is 32.7 Å². The van der Waals surface area contributed by atoms with E-state index in [1.165, 1.54) is 16.2 Å². The Hall–Kier alpha value is -1.35. The highest BCUT2D eigenvalue weighted by Gasteiger charge is 2.24. The lowest BCUT2D eigenvalue weighted by molar-refractivity contribution is 0.0624. The molecule has 2 N–H and O–H groups in total. The summed E-state index contributed by atoms with van der Waals surface area (Å²) in [6.07, 6.45) is 2.69. The van der Waals surface area contributed by atoms with E-state index < -0.39 is 0 Å². The number of rotatable bonds is 5. The average Bonchev–Trinajstić information content (AvgIpc) is 3.17. The maximum Gasteiger partial charge on any atom is 0.273 e. The van der Waals surface area contributed by atoms with Crippen molar-refractivity contribution in [2.24, 2.45) is 5.73 Å². The van der Waals surface area contributed by atoms with Gasteiger partial charge in [-0.25, -0.2) is 9.97 Å². The molecular formula is C15H21N5OS2. The number of aromatic nitrogens is 2. The zero-order chi connectivity index (χ0) is 16.2. The summed E-state index contributed by atoms with van der Waals surface area (Å²) in [4.78, 5) is 26.7. The largest absolute Gasteiger partial charge is 0.335 e. The molecule has 1 saturated heterocycles. The Labute approximate surface area is 144 Å². The van der Waals surface area contributed by atoms with Crippen LogP contribution in [0.15, 0.2) is 11.6 Å². The first-order valence-electron chi connectivity index (χ1n) is 7.73. The van der Waals surface area contributed by atoms with Crippen LogP contribution in [0.2, 0.25) is 0 Å². The number of amides is 1. The van der Waals surface area contributed by atoms with E-state index in [0.717, 1.165) is 49.2 Å². The maximum absolute atomic E-state index is 12.5. The highest BCUT2D eigenvalue weighted by molar-refractivity contribution is 7.11. The minimum Gasteiger partial charge on any atom is -0.335 e. The van der Waals surface area contributed by atoms with Gasteiger partial charge in [0.1, 0.15) is 5.69 Å². The summed E-state index contributed by atoms with van der Waals surface area (Å²) < 4.78 is 0. The van der Waals surface area contributed by atoms with Gasteiger partial charge in [0.2, 0.25) is 0 Å². The number of hydrogen-bond acceptors (Lipinski definition) is 7. The van der Waals surface area contributed by atoms with Crippen molar-refractivity contribution in [2.45, 2.75) is 19.9 Å². The number of nitrogens with zero attached hydrogens (tertiary/aromatic N) is 4. The number of piperazine rings is 1. The quantitative estimate of drug-likeness (QED) is 0.880. The fraction of sp³-hybridized carbons (Fsp3) is 0.533. The lowest BCUT2D eigenvalue weighted by Crippen LogP contribution is -2.48. The van der Waals surface area contributed by atoms with Crippen LogP contribution in [0.3, 0.4) is 0 Å². The van der Waals surface area contributed by atoms with Crippen molar-refractivity contribution in [3.8, 4) is 0 Å². The Kier molecular flexibility index (Phi) is 5.37. The highest BCUT2D eigenvalue weighted by Crippen LogP contribution is 2.17. The number of nitrogens with two attached hydrogens (primary N) is 1. The van der Waals surface area contributed by atoms with Crippen molar-refractivity contribution >= 4 is 28.6 Å². The summed E-state index contributed by atoms with van der Waals surface area (Å²) in [6, 6.07) is 0. The number of hydrogen-bond donors (Lipinski definition) is 1. The first-order chi connectivity index (χ1) is 11.2. The number of aryl methyl sites for hydroxylation is 1. The fourth-order valence-electron chi connectivity index (χ4n) is 2.62. The summed E-state index contributed by atoms with van der Waals surface area (Å²) in [7, 11) is 0. The van der Waals surface area contributed by atoms with Gasteiger partial charge in [-0.2, -0.15) is 0 Å². The van der Waals surface area contributed by atoms with E-state index in [9.17, 15) is 4.79 Å². The molecule has 0 saturated carbocycles. The molecular weight excluding hydrogens is 330 g/mol. The third-order valence-electron chi connectivity index (χ3n) is 3.84. The first kappa shape index (κ1) is 16.5. The second-order valence-corrected chi connectivity index (χ2v) is 7.84. The molecule has 124 valence electrons. The van der Waals surface area contributed by atoms with Crippen molar-refractivity contribution in [1.29, 1.82) is 0 Å². The second-order valence-electron chi connectivity index (χ2n) is 5.58. The van der Waals surface area contributed by atoms with Crippen LogP contribution in [0.5, 0.6) is 0 Å². The standard InChI is InChI=1S/C15H21N5OS2/c1-11-17-8-12(23-11)9-19-4-6-20(7-5-19)15(21)13-10-22-14(18-13)2-3-16/h8,10H,2-7,9,16H2,1H3. The Morgan fingerprint density at radius 1 is 1.35 bits per heavy atom. The molecule has 3 rings (SSSR count). The molecule has 0 atom stereocenters. The molecule has 8 heteroatoms. The first-order valence-corrected chi connectivity index (χ1v) is 9.42. The normalized spacial score (nSPS) is 16.0. The van der Waals surface area contributed by atoms with Gasteiger partial charge >= 0.3 is 0 Å². The van der Waals surface area contributed by atoms with E-state index in [4.69, 9.17) is 5.73 Å². The van der Waals surface area contributed by atoms with E-state index in [0.29, 0.717) is 12.2 Å². The monoisotopic (exact) mass is 351 g/mol. The van der Waals surface area contributed by atoms with Gasteiger partial charge in [-0.05, 0) is 13.5 Å². The van der Waals surface area contributed by atoms with Gasteiger partial charge in [-0.3, -0.25) is 9.69 Å². The molecule has 3 heterocycles. The van der Waals surface area contributed by atoms with Gasteiger partial charge in [0.25, 0.3) is 5.91 Å². The zero-order valence-electron chi connectivity index (χ0n) is 13.2. The molecule has 0 spiro atoms. The van der Waals surface area contributed by atoms with Gasteiger partial charge in [0, 0.05) is 55.6 Å². The molecule has 1 amide bonds. The molecule has 0 aromatic carbocycles. The van der Waals surface area contributed by atoms with Gasteiger partial charge in [-0.15, -0.1) is 22.7 Å². The van der Waals surface area contributed by atoms with Crippen LogP contribution in [0.1, 0.15) is 25.4 Å². The smallest absolute Gasteiger partial charge is 0.273 e. The molecule has 0 bridgehead atoms. The predicted octanol–water partition coefficient (Wildman–Crippen LogP) is 1.37. The van der Waals surface area contributed by atoms with Crippen LogP contribution in [0.4, 0.5) is 0 Å². The molecule has 0 radical (unpaired) electrons. The maximum atomic E-state index is 12.5. The van der Waals surface area contributed by atoms with Gasteiger partial charge < -0.3 is 10.6 Å². The van der Waals surface area contributed by atoms with Crippen molar-refractivity contribution in [3.05, 3.63) is 32.2 Å². The topological polar surface area (TPSA) is 75.4 Å². The van der Waals surface area contributed by atoms with Crippen LogP contribution < -0.4 is 5.73 Å². The van der Waals surface area contributed by atoms with Gasteiger partial charge in [0.05, 0.1) is 10.0 Å². The Morgan fingerprint density at radius 2 is 2.13 bits per heavy atom. The summed E-state index contributed by atoms with van der Waals surface area (Å²) in [5.74, 6) is 0.0396. The zero-order valence-corrected chi connectivity index (χ0v) is 14.8.